The summed E-state index contributed by atoms with van der Waals surface area (Å²) < 4.78 is 5.77. The topological polar surface area (TPSA) is 55.1 Å². The molecule has 4 rings (SSSR count). The van der Waals surface area contributed by atoms with Crippen LogP contribution < -0.4 is 5.32 Å². The minimum absolute atomic E-state index is 0.209. The highest BCUT2D eigenvalue weighted by atomic mass is 35.5. The molecule has 0 bridgehead atoms. The number of nitrogens with zero attached hydrogens (tertiary/aromatic N) is 1. The van der Waals surface area contributed by atoms with Crippen molar-refractivity contribution in [1.82, 2.24) is 10.3 Å². The minimum atomic E-state index is -0.209. The Kier molecular flexibility index (Phi) is 5.65. The van der Waals surface area contributed by atoms with Gasteiger partial charge < -0.3 is 9.73 Å². The van der Waals surface area contributed by atoms with Crippen LogP contribution in [-0.4, -0.2) is 10.9 Å². The Morgan fingerprint density at radius 2 is 1.83 bits per heavy atom. The Bertz CT molecular complexity index is 1160. The lowest BCUT2D eigenvalue weighted by atomic mass is 10.1. The largest absolute Gasteiger partial charge is 0.436 e. The average Bonchev–Trinajstić information content (AvgIpc) is 3.16. The van der Waals surface area contributed by atoms with E-state index in [1.807, 2.05) is 48.5 Å². The molecule has 0 radical (unpaired) electrons. The highest BCUT2D eigenvalue weighted by Gasteiger charge is 2.07. The molecule has 1 aromatic heterocycles. The molecule has 0 unspecified atom stereocenters. The van der Waals surface area contributed by atoms with Gasteiger partial charge in [0.1, 0.15) is 5.52 Å². The number of nitrogens with one attached hydrogen (secondary N) is 1. The van der Waals surface area contributed by atoms with Crippen molar-refractivity contribution >= 4 is 46.3 Å². The van der Waals surface area contributed by atoms with Crippen LogP contribution in [0.3, 0.4) is 0 Å². The molecule has 0 saturated carbocycles. The van der Waals surface area contributed by atoms with Gasteiger partial charge in [-0.1, -0.05) is 53.5 Å². The van der Waals surface area contributed by atoms with Crippen molar-refractivity contribution < 1.29 is 9.21 Å². The fourth-order valence-corrected chi connectivity index (χ4v) is 3.28. The number of oxazole rings is 1. The van der Waals surface area contributed by atoms with Gasteiger partial charge in [-0.25, -0.2) is 4.98 Å². The maximum atomic E-state index is 12.1. The summed E-state index contributed by atoms with van der Waals surface area (Å²) in [5.74, 6) is 0.364. The average molecular weight is 423 g/mol. The quantitative estimate of drug-likeness (QED) is 0.393. The number of benzene rings is 3. The Balaban J connectivity index is 1.37. The van der Waals surface area contributed by atoms with E-state index >= 15 is 0 Å². The van der Waals surface area contributed by atoms with Crippen molar-refractivity contribution in [3.63, 3.8) is 0 Å². The molecule has 0 aliphatic rings. The molecule has 1 heterocycles. The zero-order valence-corrected chi connectivity index (χ0v) is 16.7. The van der Waals surface area contributed by atoms with Gasteiger partial charge in [-0.2, -0.15) is 0 Å². The molecule has 0 atom stereocenters. The molecular formula is C23H16Cl2N2O2. The van der Waals surface area contributed by atoms with Crippen molar-refractivity contribution in [1.29, 1.82) is 0 Å². The summed E-state index contributed by atoms with van der Waals surface area (Å²) in [5.41, 5.74) is 4.16. The number of amides is 1. The van der Waals surface area contributed by atoms with Crippen LogP contribution in [-0.2, 0) is 11.3 Å². The summed E-state index contributed by atoms with van der Waals surface area (Å²) in [6.07, 6.45) is 3.10. The van der Waals surface area contributed by atoms with Gasteiger partial charge in [-0.05, 0) is 53.6 Å². The number of carbonyl (C=O) groups excluding carboxylic acids is 1. The van der Waals surface area contributed by atoms with Crippen molar-refractivity contribution in [2.45, 2.75) is 6.54 Å². The Labute approximate surface area is 177 Å². The Hall–Kier alpha value is -3.08. The van der Waals surface area contributed by atoms with E-state index in [9.17, 15) is 4.79 Å². The molecule has 0 spiro atoms. The molecule has 1 amide bonds. The smallest absolute Gasteiger partial charge is 0.244 e. The van der Waals surface area contributed by atoms with Crippen molar-refractivity contribution in [2.75, 3.05) is 0 Å². The third kappa shape index (κ3) is 4.67. The van der Waals surface area contributed by atoms with E-state index in [4.69, 9.17) is 27.6 Å². The third-order valence-corrected chi connectivity index (χ3v) is 4.90. The maximum Gasteiger partial charge on any atom is 0.244 e. The molecule has 3 aromatic carbocycles. The molecule has 29 heavy (non-hydrogen) atoms. The van der Waals surface area contributed by atoms with Gasteiger partial charge in [0.2, 0.25) is 11.8 Å². The van der Waals surface area contributed by atoms with Crippen molar-refractivity contribution in [3.8, 4) is 11.5 Å². The van der Waals surface area contributed by atoms with Crippen LogP contribution in [0.15, 0.2) is 77.2 Å². The van der Waals surface area contributed by atoms with E-state index in [1.165, 1.54) is 6.08 Å². The first-order valence-electron chi connectivity index (χ1n) is 8.94. The number of hydrogen-bond acceptors (Lipinski definition) is 3. The molecule has 0 aliphatic heterocycles. The monoisotopic (exact) mass is 422 g/mol. The molecule has 0 aliphatic carbocycles. The number of hydrogen-bond donors (Lipinski definition) is 1. The van der Waals surface area contributed by atoms with Gasteiger partial charge in [-0.3, -0.25) is 4.79 Å². The van der Waals surface area contributed by atoms with Gasteiger partial charge >= 0.3 is 0 Å². The minimum Gasteiger partial charge on any atom is -0.436 e. The summed E-state index contributed by atoms with van der Waals surface area (Å²) in [6, 6.07) is 20.5. The molecule has 0 saturated heterocycles. The van der Waals surface area contributed by atoms with Crippen molar-refractivity contribution in [3.05, 3.63) is 94.0 Å². The number of halogens is 2. The first-order chi connectivity index (χ1) is 14.1. The predicted octanol–water partition coefficient (Wildman–Crippen LogP) is 6.13. The molecule has 0 fully saturated rings. The summed E-state index contributed by atoms with van der Waals surface area (Å²) in [4.78, 5) is 16.6. The predicted molar refractivity (Wildman–Crippen MR) is 117 cm³/mol. The fraction of sp³-hybridized carbons (Fsp3) is 0.0435. The number of rotatable bonds is 5. The van der Waals surface area contributed by atoms with E-state index in [2.05, 4.69) is 10.3 Å². The highest BCUT2D eigenvalue weighted by Crippen LogP contribution is 2.24. The first kappa shape index (κ1) is 19.2. The SMILES string of the molecule is O=C(/C=C/c1ccc(Cl)cc1Cl)NCc1ccc(-c2nc3ccccc3o2)cc1. The molecule has 6 heteroatoms. The third-order valence-electron chi connectivity index (χ3n) is 4.34. The maximum absolute atomic E-state index is 12.1. The second-order valence-corrected chi connectivity index (χ2v) is 7.24. The fourth-order valence-electron chi connectivity index (χ4n) is 2.81. The lowest BCUT2D eigenvalue weighted by Gasteiger charge is -2.04. The summed E-state index contributed by atoms with van der Waals surface area (Å²) in [5, 5.41) is 3.90. The first-order valence-corrected chi connectivity index (χ1v) is 9.70. The second kappa shape index (κ2) is 8.52. The van der Waals surface area contributed by atoms with Crippen LogP contribution in [0, 0.1) is 0 Å². The lowest BCUT2D eigenvalue weighted by molar-refractivity contribution is -0.116. The molecule has 1 N–H and O–H groups in total. The van der Waals surface area contributed by atoms with Gasteiger partial charge in [0.05, 0.1) is 0 Å². The zero-order valence-electron chi connectivity index (χ0n) is 15.2. The molecular weight excluding hydrogens is 407 g/mol. The highest BCUT2D eigenvalue weighted by molar-refractivity contribution is 6.35. The number of carbonyl (C=O) groups is 1. The van der Waals surface area contributed by atoms with Gasteiger partial charge in [-0.15, -0.1) is 0 Å². The van der Waals surface area contributed by atoms with E-state index in [0.717, 1.165) is 27.8 Å². The van der Waals surface area contributed by atoms with Crippen LogP contribution in [0.2, 0.25) is 10.0 Å². The molecule has 4 aromatic rings. The standard InChI is InChI=1S/C23H16Cl2N2O2/c24-18-11-9-16(19(25)13-18)10-12-22(28)26-14-15-5-7-17(8-6-15)23-27-20-3-1-2-4-21(20)29-23/h1-13H,14H2,(H,26,28)/b12-10+. The van der Waals surface area contributed by atoms with E-state index in [0.29, 0.717) is 22.5 Å². The lowest BCUT2D eigenvalue weighted by Crippen LogP contribution is -2.20. The second-order valence-electron chi connectivity index (χ2n) is 6.40. The normalized spacial score (nSPS) is 11.2. The van der Waals surface area contributed by atoms with Crippen molar-refractivity contribution in [2.24, 2.45) is 0 Å². The van der Waals surface area contributed by atoms with E-state index in [1.54, 1.807) is 24.3 Å². The van der Waals surface area contributed by atoms with Gasteiger partial charge in [0.15, 0.2) is 5.58 Å². The molecule has 4 nitrogen and oxygen atoms in total. The number of aromatic nitrogens is 1. The zero-order chi connectivity index (χ0) is 20.2. The number of para-hydroxylation sites is 2. The van der Waals surface area contributed by atoms with Crippen LogP contribution in [0.4, 0.5) is 0 Å². The van der Waals surface area contributed by atoms with Crippen LogP contribution >= 0.6 is 23.2 Å². The van der Waals surface area contributed by atoms with Gasteiger partial charge in [0, 0.05) is 28.2 Å². The van der Waals surface area contributed by atoms with E-state index in [-0.39, 0.29) is 5.91 Å². The Morgan fingerprint density at radius 3 is 2.59 bits per heavy atom. The van der Waals surface area contributed by atoms with Crippen LogP contribution in [0.5, 0.6) is 0 Å². The van der Waals surface area contributed by atoms with E-state index < -0.39 is 0 Å². The van der Waals surface area contributed by atoms with Crippen LogP contribution in [0.25, 0.3) is 28.6 Å². The Morgan fingerprint density at radius 1 is 1.03 bits per heavy atom. The number of fused-ring (bicyclic) bond motifs is 1. The van der Waals surface area contributed by atoms with Gasteiger partial charge in [0.25, 0.3) is 0 Å². The van der Waals surface area contributed by atoms with Crippen LogP contribution in [0.1, 0.15) is 11.1 Å². The molecule has 144 valence electrons. The summed E-state index contributed by atoms with van der Waals surface area (Å²) in [6.45, 7) is 0.408. The summed E-state index contributed by atoms with van der Waals surface area (Å²) >= 11 is 12.0. The summed E-state index contributed by atoms with van der Waals surface area (Å²) in [7, 11) is 0.